The molecule has 10 heteroatoms. The second kappa shape index (κ2) is 12.3. The first-order valence-electron chi connectivity index (χ1n) is 11.4. The number of para-hydroxylation sites is 1. The summed E-state index contributed by atoms with van der Waals surface area (Å²) >= 11 is 0. The number of halogens is 1. The molecule has 1 saturated heterocycles. The fourth-order valence-corrected chi connectivity index (χ4v) is 4.29. The van der Waals surface area contributed by atoms with Gasteiger partial charge in [0, 0.05) is 50.5 Å². The maximum Gasteiger partial charge on any atom is 0.414 e. The number of amides is 1. The van der Waals surface area contributed by atoms with Crippen LogP contribution in [0.1, 0.15) is 17.5 Å². The molecule has 9 nitrogen and oxygen atoms in total. The summed E-state index contributed by atoms with van der Waals surface area (Å²) in [6, 6.07) is 12.9. The number of nitrogens with zero attached hydrogens (tertiary/aromatic N) is 3. The molecule has 2 N–H and O–H groups in total. The first-order chi connectivity index (χ1) is 16.8. The number of aryl methyl sites for hydroxylation is 1. The smallest absolute Gasteiger partial charge is 0.414 e. The SMILES string of the molecule is COc1ccc(F)cc1CN1CCN(CC(=O)N2CCCc3ccccc32)CC1.O=C(O)C(=O)O. The van der Waals surface area contributed by atoms with Crippen molar-refractivity contribution in [2.24, 2.45) is 0 Å². The van der Waals surface area contributed by atoms with Crippen molar-refractivity contribution in [3.05, 3.63) is 59.4 Å². The minimum absolute atomic E-state index is 0.178. The molecule has 0 bridgehead atoms. The van der Waals surface area contributed by atoms with Crippen LogP contribution in [0.4, 0.5) is 10.1 Å². The van der Waals surface area contributed by atoms with Gasteiger partial charge in [-0.15, -0.1) is 0 Å². The Hall–Kier alpha value is -3.50. The molecule has 1 amide bonds. The standard InChI is InChI=1S/C23H28FN3O2.C2H2O4/c1-29-22-9-8-20(24)15-19(22)16-25-11-13-26(14-12-25)17-23(28)27-10-4-6-18-5-2-3-7-21(18)27;3-1(4)2(5)6/h2-3,5,7-9,15H,4,6,10-14,16-17H2,1H3;(H,3,4)(H,5,6). The third kappa shape index (κ3) is 7.24. The molecule has 2 aromatic carbocycles. The van der Waals surface area contributed by atoms with Crippen LogP contribution < -0.4 is 9.64 Å². The average Bonchev–Trinajstić information content (AvgIpc) is 2.85. The summed E-state index contributed by atoms with van der Waals surface area (Å²) in [6.07, 6.45) is 2.06. The number of aliphatic carboxylic acids is 2. The third-order valence-electron chi connectivity index (χ3n) is 6.05. The molecule has 0 unspecified atom stereocenters. The molecule has 188 valence electrons. The number of benzene rings is 2. The van der Waals surface area contributed by atoms with Crippen molar-refractivity contribution in [1.82, 2.24) is 9.80 Å². The van der Waals surface area contributed by atoms with Crippen molar-refractivity contribution in [2.45, 2.75) is 19.4 Å². The largest absolute Gasteiger partial charge is 0.496 e. The van der Waals surface area contributed by atoms with Gasteiger partial charge in [-0.2, -0.15) is 0 Å². The Labute approximate surface area is 203 Å². The quantitative estimate of drug-likeness (QED) is 0.617. The van der Waals surface area contributed by atoms with Crippen molar-refractivity contribution in [3.8, 4) is 5.75 Å². The number of methoxy groups -OCH3 is 1. The van der Waals surface area contributed by atoms with Crippen LogP contribution in [-0.2, 0) is 27.3 Å². The van der Waals surface area contributed by atoms with Gasteiger partial charge in [-0.3, -0.25) is 14.6 Å². The van der Waals surface area contributed by atoms with Gasteiger partial charge in [0.05, 0.1) is 13.7 Å². The van der Waals surface area contributed by atoms with Crippen LogP contribution in [0.3, 0.4) is 0 Å². The van der Waals surface area contributed by atoms with Gasteiger partial charge in [0.15, 0.2) is 0 Å². The number of fused-ring (bicyclic) bond motifs is 1. The molecule has 0 radical (unpaired) electrons. The molecule has 0 aromatic heterocycles. The van der Waals surface area contributed by atoms with Gasteiger partial charge in [0.25, 0.3) is 0 Å². The van der Waals surface area contributed by atoms with Crippen LogP contribution in [0, 0.1) is 5.82 Å². The fraction of sp³-hybridized carbons (Fsp3) is 0.400. The Morgan fingerprint density at radius 3 is 2.26 bits per heavy atom. The maximum atomic E-state index is 13.6. The Balaban J connectivity index is 0.000000509. The first kappa shape index (κ1) is 26.1. The monoisotopic (exact) mass is 487 g/mol. The van der Waals surface area contributed by atoms with Crippen LogP contribution in [0.25, 0.3) is 0 Å². The van der Waals surface area contributed by atoms with E-state index in [1.807, 2.05) is 17.0 Å². The number of anilines is 1. The highest BCUT2D eigenvalue weighted by atomic mass is 19.1. The lowest BCUT2D eigenvalue weighted by Gasteiger charge is -2.36. The van der Waals surface area contributed by atoms with Crippen LogP contribution in [-0.4, -0.2) is 84.2 Å². The number of rotatable bonds is 5. The maximum absolute atomic E-state index is 13.6. The van der Waals surface area contributed by atoms with Crippen LogP contribution >= 0.6 is 0 Å². The van der Waals surface area contributed by atoms with Crippen molar-refractivity contribution in [3.63, 3.8) is 0 Å². The summed E-state index contributed by atoms with van der Waals surface area (Å²) in [7, 11) is 1.61. The number of hydrogen-bond donors (Lipinski definition) is 2. The minimum atomic E-state index is -1.82. The zero-order valence-corrected chi connectivity index (χ0v) is 19.7. The Morgan fingerprint density at radius 2 is 1.60 bits per heavy atom. The zero-order chi connectivity index (χ0) is 25.4. The fourth-order valence-electron chi connectivity index (χ4n) is 4.29. The van der Waals surface area contributed by atoms with E-state index in [4.69, 9.17) is 24.5 Å². The second-order valence-electron chi connectivity index (χ2n) is 8.40. The molecule has 1 fully saturated rings. The van der Waals surface area contributed by atoms with E-state index in [1.54, 1.807) is 19.2 Å². The number of hydrogen-bond acceptors (Lipinski definition) is 6. The van der Waals surface area contributed by atoms with E-state index < -0.39 is 11.9 Å². The van der Waals surface area contributed by atoms with Gasteiger partial charge >= 0.3 is 11.9 Å². The molecule has 2 aliphatic heterocycles. The van der Waals surface area contributed by atoms with Gasteiger partial charge in [-0.1, -0.05) is 18.2 Å². The highest BCUT2D eigenvalue weighted by molar-refractivity contribution is 6.27. The number of carboxylic acids is 2. The molecular formula is C25H30FN3O6. The topological polar surface area (TPSA) is 111 Å². The lowest BCUT2D eigenvalue weighted by Crippen LogP contribution is -2.50. The highest BCUT2D eigenvalue weighted by Crippen LogP contribution is 2.27. The molecule has 0 aliphatic carbocycles. The van der Waals surface area contributed by atoms with Gasteiger partial charge in [0.2, 0.25) is 5.91 Å². The summed E-state index contributed by atoms with van der Waals surface area (Å²) in [5.74, 6) is -3.00. The van der Waals surface area contributed by atoms with Crippen molar-refractivity contribution in [2.75, 3.05) is 51.3 Å². The van der Waals surface area contributed by atoms with Crippen LogP contribution in [0.2, 0.25) is 0 Å². The number of piperazine rings is 1. The Kier molecular flexibility index (Phi) is 9.16. The van der Waals surface area contributed by atoms with Gasteiger partial charge in [-0.05, 0) is 42.7 Å². The van der Waals surface area contributed by atoms with Gasteiger partial charge < -0.3 is 19.8 Å². The van der Waals surface area contributed by atoms with E-state index in [-0.39, 0.29) is 11.7 Å². The number of carboxylic acid groups (broad SMARTS) is 2. The predicted octanol–water partition coefficient (Wildman–Crippen LogP) is 2.09. The summed E-state index contributed by atoms with van der Waals surface area (Å²) < 4.78 is 19.0. The highest BCUT2D eigenvalue weighted by Gasteiger charge is 2.26. The first-order valence-corrected chi connectivity index (χ1v) is 11.4. The lowest BCUT2D eigenvalue weighted by molar-refractivity contribution is -0.159. The molecule has 2 heterocycles. The minimum Gasteiger partial charge on any atom is -0.496 e. The van der Waals surface area contributed by atoms with Gasteiger partial charge in [0.1, 0.15) is 11.6 Å². The number of carbonyl (C=O) groups excluding carboxylic acids is 1. The van der Waals surface area contributed by atoms with E-state index in [0.717, 1.165) is 56.8 Å². The summed E-state index contributed by atoms with van der Waals surface area (Å²) in [5.41, 5.74) is 3.20. The zero-order valence-electron chi connectivity index (χ0n) is 19.7. The van der Waals surface area contributed by atoms with Crippen molar-refractivity contribution >= 4 is 23.5 Å². The second-order valence-corrected chi connectivity index (χ2v) is 8.40. The van der Waals surface area contributed by atoms with E-state index in [9.17, 15) is 9.18 Å². The summed E-state index contributed by atoms with van der Waals surface area (Å²) in [6.45, 7) is 5.27. The normalized spacial score (nSPS) is 16.0. The van der Waals surface area contributed by atoms with Crippen LogP contribution in [0.5, 0.6) is 5.75 Å². The summed E-state index contributed by atoms with van der Waals surface area (Å²) in [5, 5.41) is 14.8. The van der Waals surface area contributed by atoms with E-state index in [2.05, 4.69) is 21.9 Å². The Morgan fingerprint density at radius 1 is 0.943 bits per heavy atom. The average molecular weight is 488 g/mol. The molecule has 35 heavy (non-hydrogen) atoms. The van der Waals surface area contributed by atoms with E-state index in [0.29, 0.717) is 18.8 Å². The lowest BCUT2D eigenvalue weighted by atomic mass is 10.0. The molecule has 0 saturated carbocycles. The molecule has 2 aliphatic rings. The van der Waals surface area contributed by atoms with E-state index >= 15 is 0 Å². The number of carbonyl (C=O) groups is 3. The van der Waals surface area contributed by atoms with E-state index in [1.165, 1.54) is 11.6 Å². The van der Waals surface area contributed by atoms with Crippen molar-refractivity contribution < 1.29 is 33.7 Å². The third-order valence-corrected chi connectivity index (χ3v) is 6.05. The summed E-state index contributed by atoms with van der Waals surface area (Å²) in [4.78, 5) is 37.6. The van der Waals surface area contributed by atoms with Crippen LogP contribution in [0.15, 0.2) is 42.5 Å². The van der Waals surface area contributed by atoms with Crippen molar-refractivity contribution in [1.29, 1.82) is 0 Å². The number of ether oxygens (including phenoxy) is 1. The van der Waals surface area contributed by atoms with Gasteiger partial charge in [-0.25, -0.2) is 14.0 Å². The molecule has 4 rings (SSSR count). The molecule has 0 atom stereocenters. The predicted molar refractivity (Wildman–Crippen MR) is 127 cm³/mol. The molecule has 2 aromatic rings. The molecular weight excluding hydrogens is 457 g/mol. The molecule has 0 spiro atoms. The Bertz CT molecular complexity index is 1040.